The molecule has 0 saturated carbocycles. The van der Waals surface area contributed by atoms with Crippen LogP contribution in [0.5, 0.6) is 5.75 Å². The lowest BCUT2D eigenvalue weighted by molar-refractivity contribution is -0.145. The van der Waals surface area contributed by atoms with E-state index in [0.717, 1.165) is 47.6 Å². The van der Waals surface area contributed by atoms with Crippen molar-refractivity contribution in [3.8, 4) is 5.75 Å². The summed E-state index contributed by atoms with van der Waals surface area (Å²) >= 11 is 7.03. The van der Waals surface area contributed by atoms with Crippen LogP contribution in [0.3, 0.4) is 0 Å². The summed E-state index contributed by atoms with van der Waals surface area (Å²) in [5.74, 6) is 0.338. The summed E-state index contributed by atoms with van der Waals surface area (Å²) in [6, 6.07) is 28.4. The zero-order chi connectivity index (χ0) is 30.6. The van der Waals surface area contributed by atoms with Gasteiger partial charge in [-0.15, -0.1) is 5.10 Å². The minimum absolute atomic E-state index is 0.0661. The molecule has 0 radical (unpaired) electrons. The molecule has 0 bridgehead atoms. The molecule has 44 heavy (non-hydrogen) atoms. The maximum Gasteiger partial charge on any atom is 0.307 e. The molecule has 0 N–H and O–H groups in total. The van der Waals surface area contributed by atoms with Crippen molar-refractivity contribution in [2.24, 2.45) is 0 Å². The Morgan fingerprint density at radius 1 is 1.07 bits per heavy atom. The Bertz CT molecular complexity index is 1770. The van der Waals surface area contributed by atoms with Crippen LogP contribution in [0.4, 0.5) is 0 Å². The molecule has 1 aromatic heterocycles. The average molecular weight is 609 g/mol. The largest absolute Gasteiger partial charge is 0.489 e. The van der Waals surface area contributed by atoms with Gasteiger partial charge in [0.25, 0.3) is 0 Å². The molecule has 0 spiro atoms. The van der Waals surface area contributed by atoms with E-state index < -0.39 is 0 Å². The first-order valence-electron chi connectivity index (χ1n) is 15.2. The Morgan fingerprint density at radius 2 is 1.86 bits per heavy atom. The lowest BCUT2D eigenvalue weighted by atomic mass is 9.86. The van der Waals surface area contributed by atoms with Gasteiger partial charge in [0.1, 0.15) is 24.0 Å². The van der Waals surface area contributed by atoms with E-state index in [4.69, 9.17) is 21.1 Å². The first-order valence-corrected chi connectivity index (χ1v) is 15.5. The second-order valence-corrected chi connectivity index (χ2v) is 11.9. The first kappa shape index (κ1) is 29.9. The van der Waals surface area contributed by atoms with E-state index in [0.29, 0.717) is 17.1 Å². The maximum atomic E-state index is 13.3. The molecule has 7 nitrogen and oxygen atoms in total. The van der Waals surface area contributed by atoms with Crippen molar-refractivity contribution in [1.82, 2.24) is 19.9 Å². The van der Waals surface area contributed by atoms with E-state index in [9.17, 15) is 4.79 Å². The molecule has 4 aromatic carbocycles. The number of carbonyl (C=O) groups is 1. The fraction of sp³-hybridized carbons (Fsp3) is 0.306. The third kappa shape index (κ3) is 6.49. The summed E-state index contributed by atoms with van der Waals surface area (Å²) in [6.07, 6.45) is 0.209. The number of aryl methyl sites for hydroxylation is 2. The molecule has 0 saturated heterocycles. The molecule has 0 fully saturated rings. The van der Waals surface area contributed by atoms with Crippen LogP contribution in [-0.2, 0) is 35.8 Å². The highest BCUT2D eigenvalue weighted by Crippen LogP contribution is 2.38. The van der Waals surface area contributed by atoms with E-state index >= 15 is 0 Å². The third-order valence-corrected chi connectivity index (χ3v) is 8.72. The zero-order valence-corrected chi connectivity index (χ0v) is 26.1. The lowest BCUT2D eigenvalue weighted by Crippen LogP contribution is -2.30. The van der Waals surface area contributed by atoms with Crippen molar-refractivity contribution < 1.29 is 14.3 Å². The number of hydrogen-bond donors (Lipinski definition) is 0. The Balaban J connectivity index is 1.32. The Morgan fingerprint density at radius 3 is 2.68 bits per heavy atom. The summed E-state index contributed by atoms with van der Waals surface area (Å²) in [5.41, 5.74) is 7.87. The normalized spacial score (nSPS) is 15.8. The van der Waals surface area contributed by atoms with E-state index in [2.05, 4.69) is 59.4 Å². The SMILES string of the molecule is CCn1nnc2c(Cl)c([C@@H](CC(=O)OCc3ccccc3)c3ccc(C)c(CN4Cc5ccccc5O[C@H](C)C4)c3)ccc21. The van der Waals surface area contributed by atoms with Crippen LogP contribution in [0.1, 0.15) is 59.6 Å². The summed E-state index contributed by atoms with van der Waals surface area (Å²) in [7, 11) is 0. The lowest BCUT2D eigenvalue weighted by Gasteiger charge is -2.25. The van der Waals surface area contributed by atoms with Gasteiger partial charge in [-0.3, -0.25) is 9.69 Å². The van der Waals surface area contributed by atoms with Crippen molar-refractivity contribution >= 4 is 28.6 Å². The van der Waals surface area contributed by atoms with Gasteiger partial charge in [0.2, 0.25) is 0 Å². The molecule has 2 heterocycles. The van der Waals surface area contributed by atoms with Crippen LogP contribution in [0.2, 0.25) is 5.02 Å². The Hall–Kier alpha value is -4.20. The van der Waals surface area contributed by atoms with Gasteiger partial charge >= 0.3 is 5.97 Å². The third-order valence-electron chi connectivity index (χ3n) is 8.32. The maximum absolute atomic E-state index is 13.3. The number of ether oxygens (including phenoxy) is 2. The second-order valence-electron chi connectivity index (χ2n) is 11.5. The predicted octanol–water partition coefficient (Wildman–Crippen LogP) is 7.46. The molecular formula is C36H37ClN4O3. The molecule has 0 unspecified atom stereocenters. The van der Waals surface area contributed by atoms with Crippen molar-refractivity contribution in [3.05, 3.63) is 123 Å². The zero-order valence-electron chi connectivity index (χ0n) is 25.4. The topological polar surface area (TPSA) is 69.5 Å². The number of nitrogens with zero attached hydrogens (tertiary/aromatic N) is 4. The molecule has 2 atom stereocenters. The predicted molar refractivity (Wildman–Crippen MR) is 173 cm³/mol. The van der Waals surface area contributed by atoms with Crippen molar-refractivity contribution in [2.75, 3.05) is 6.54 Å². The molecule has 0 amide bonds. The molecular weight excluding hydrogens is 572 g/mol. The number of carbonyl (C=O) groups excluding carboxylic acids is 1. The summed E-state index contributed by atoms with van der Waals surface area (Å²) in [5, 5.41) is 9.15. The van der Waals surface area contributed by atoms with Gasteiger partial charge in [-0.05, 0) is 60.7 Å². The highest BCUT2D eigenvalue weighted by Gasteiger charge is 2.26. The summed E-state index contributed by atoms with van der Waals surface area (Å²) < 4.78 is 13.8. The molecule has 5 aromatic rings. The molecule has 226 valence electrons. The van der Waals surface area contributed by atoms with Crippen LogP contribution in [0.15, 0.2) is 84.9 Å². The van der Waals surface area contributed by atoms with Crippen LogP contribution >= 0.6 is 11.6 Å². The quantitative estimate of drug-likeness (QED) is 0.162. The number of hydrogen-bond acceptors (Lipinski definition) is 6. The number of para-hydroxylation sites is 1. The van der Waals surface area contributed by atoms with E-state index in [1.165, 1.54) is 16.7 Å². The highest BCUT2D eigenvalue weighted by molar-refractivity contribution is 6.35. The minimum Gasteiger partial charge on any atom is -0.489 e. The second kappa shape index (κ2) is 13.2. The van der Waals surface area contributed by atoms with Crippen LogP contribution in [0, 0.1) is 6.92 Å². The van der Waals surface area contributed by atoms with Crippen LogP contribution < -0.4 is 4.74 Å². The van der Waals surface area contributed by atoms with Gasteiger partial charge in [-0.1, -0.05) is 89.6 Å². The van der Waals surface area contributed by atoms with Crippen molar-refractivity contribution in [1.29, 1.82) is 0 Å². The van der Waals surface area contributed by atoms with E-state index in [1.807, 2.05) is 66.2 Å². The van der Waals surface area contributed by atoms with E-state index in [1.54, 1.807) is 0 Å². The number of esters is 1. The standard InChI is InChI=1S/C36H37ClN4O3/c1-4-41-32-17-16-30(35(37)36(32)38-39-41)31(19-34(42)43-23-26-10-6-5-7-11-26)27-15-14-24(2)29(18-27)22-40-20-25(3)44-33-13-9-8-12-28(33)21-40/h5-18,25,31H,4,19-23H2,1-3H3/t25-,31+/m1/s1. The minimum atomic E-state index is -0.326. The van der Waals surface area contributed by atoms with Gasteiger partial charge < -0.3 is 9.47 Å². The van der Waals surface area contributed by atoms with Crippen molar-refractivity contribution in [2.45, 2.75) is 65.5 Å². The smallest absolute Gasteiger partial charge is 0.307 e. The number of fused-ring (bicyclic) bond motifs is 2. The number of halogens is 1. The van der Waals surface area contributed by atoms with E-state index in [-0.39, 0.29) is 31.0 Å². The van der Waals surface area contributed by atoms with Gasteiger partial charge in [0, 0.05) is 37.7 Å². The van der Waals surface area contributed by atoms with Gasteiger partial charge in [0.15, 0.2) is 0 Å². The Labute approximate surface area is 263 Å². The number of aromatic nitrogens is 3. The highest BCUT2D eigenvalue weighted by atomic mass is 35.5. The van der Waals surface area contributed by atoms with Crippen molar-refractivity contribution in [3.63, 3.8) is 0 Å². The molecule has 1 aliphatic heterocycles. The van der Waals surface area contributed by atoms with Crippen LogP contribution in [-0.4, -0.2) is 38.5 Å². The average Bonchev–Trinajstić information content (AvgIpc) is 3.38. The molecule has 6 rings (SSSR count). The van der Waals surface area contributed by atoms with Crippen LogP contribution in [0.25, 0.3) is 11.0 Å². The number of benzene rings is 4. The van der Waals surface area contributed by atoms with Gasteiger partial charge in [-0.25, -0.2) is 4.68 Å². The molecule has 1 aliphatic rings. The first-order chi connectivity index (χ1) is 21.4. The molecule has 8 heteroatoms. The monoisotopic (exact) mass is 608 g/mol. The fourth-order valence-electron chi connectivity index (χ4n) is 6.01. The summed E-state index contributed by atoms with van der Waals surface area (Å²) in [4.78, 5) is 15.8. The fourth-order valence-corrected chi connectivity index (χ4v) is 6.34. The van der Waals surface area contributed by atoms with Gasteiger partial charge in [0.05, 0.1) is 17.0 Å². The number of rotatable bonds is 9. The van der Waals surface area contributed by atoms with Gasteiger partial charge in [-0.2, -0.15) is 0 Å². The summed E-state index contributed by atoms with van der Waals surface area (Å²) in [6.45, 7) is 9.54. The molecule has 0 aliphatic carbocycles. The Kier molecular flexibility index (Phi) is 8.96.